The van der Waals surface area contributed by atoms with Gasteiger partial charge in [-0.2, -0.15) is 0 Å². The van der Waals surface area contributed by atoms with Gasteiger partial charge in [-0.05, 0) is 68.3 Å². The molecule has 214 valence electrons. The van der Waals surface area contributed by atoms with E-state index in [4.69, 9.17) is 34.8 Å². The van der Waals surface area contributed by atoms with Gasteiger partial charge in [0, 0.05) is 23.5 Å². The van der Waals surface area contributed by atoms with Crippen LogP contribution in [0.15, 0.2) is 72.8 Å². The smallest absolute Gasteiger partial charge is 0.244 e. The van der Waals surface area contributed by atoms with Crippen LogP contribution in [0.3, 0.4) is 0 Å². The summed E-state index contributed by atoms with van der Waals surface area (Å²) < 4.78 is 26.6. The van der Waals surface area contributed by atoms with Gasteiger partial charge in [-0.15, -0.1) is 0 Å². The first-order valence-corrected chi connectivity index (χ1v) is 15.4. The van der Waals surface area contributed by atoms with Gasteiger partial charge in [0.25, 0.3) is 0 Å². The van der Waals surface area contributed by atoms with Gasteiger partial charge in [0.2, 0.25) is 21.8 Å². The summed E-state index contributed by atoms with van der Waals surface area (Å²) in [4.78, 5) is 29.2. The molecular formula is C29H32Cl3N3O4S. The number of benzene rings is 3. The molecule has 0 fully saturated rings. The van der Waals surface area contributed by atoms with Gasteiger partial charge >= 0.3 is 0 Å². The standard InChI is InChI=1S/C29H32Cl3N3O4S/c1-29(2,3)33-28(37)26(17-20-8-6-5-7-9-20)34(18-21-10-15-24(31)25(32)16-21)27(36)19-35(40(4,38)39)23-13-11-22(30)12-14-23/h5-16,26H,17-19H2,1-4H3,(H,33,37). The number of carbonyl (C=O) groups is 2. The maximum atomic E-state index is 14.1. The molecule has 0 aliphatic carbocycles. The maximum absolute atomic E-state index is 14.1. The number of nitrogens with zero attached hydrogens (tertiary/aromatic N) is 2. The Morgan fingerprint density at radius 2 is 1.50 bits per heavy atom. The van der Waals surface area contributed by atoms with Crippen LogP contribution in [0.1, 0.15) is 31.9 Å². The van der Waals surface area contributed by atoms with Gasteiger partial charge in [-0.1, -0.05) is 71.2 Å². The average Bonchev–Trinajstić information content (AvgIpc) is 2.86. The highest BCUT2D eigenvalue weighted by Gasteiger charge is 2.34. The average molecular weight is 625 g/mol. The van der Waals surface area contributed by atoms with Crippen LogP contribution in [0.2, 0.25) is 15.1 Å². The molecule has 0 heterocycles. The van der Waals surface area contributed by atoms with Gasteiger partial charge in [-0.25, -0.2) is 8.42 Å². The summed E-state index contributed by atoms with van der Waals surface area (Å²) in [6, 6.07) is 19.4. The third-order valence-electron chi connectivity index (χ3n) is 5.90. The van der Waals surface area contributed by atoms with E-state index in [1.165, 1.54) is 17.0 Å². The Labute approximate surface area is 251 Å². The summed E-state index contributed by atoms with van der Waals surface area (Å²) in [5.41, 5.74) is 1.16. The summed E-state index contributed by atoms with van der Waals surface area (Å²) in [6.07, 6.45) is 1.22. The summed E-state index contributed by atoms with van der Waals surface area (Å²) >= 11 is 18.4. The number of amides is 2. The van der Waals surface area contributed by atoms with Crippen LogP contribution < -0.4 is 9.62 Å². The molecule has 3 aromatic carbocycles. The van der Waals surface area contributed by atoms with E-state index in [9.17, 15) is 18.0 Å². The van der Waals surface area contributed by atoms with Crippen molar-refractivity contribution >= 4 is 62.3 Å². The zero-order chi connectivity index (χ0) is 29.7. The maximum Gasteiger partial charge on any atom is 0.244 e. The van der Waals surface area contributed by atoms with Crippen LogP contribution in [0.5, 0.6) is 0 Å². The lowest BCUT2D eigenvalue weighted by atomic mass is 10.0. The lowest BCUT2D eigenvalue weighted by Crippen LogP contribution is -2.56. The summed E-state index contributed by atoms with van der Waals surface area (Å²) in [6.45, 7) is 5.00. The number of halogens is 3. The Kier molecular flexibility index (Phi) is 10.5. The quantitative estimate of drug-likeness (QED) is 0.301. The molecule has 0 aromatic heterocycles. The second kappa shape index (κ2) is 13.3. The number of anilines is 1. The number of nitrogens with one attached hydrogen (secondary N) is 1. The SMILES string of the molecule is CC(C)(C)NC(=O)C(Cc1ccccc1)N(Cc1ccc(Cl)c(Cl)c1)C(=O)CN(c1ccc(Cl)cc1)S(C)(=O)=O. The zero-order valence-corrected chi connectivity index (χ0v) is 25.8. The molecule has 3 aromatic rings. The topological polar surface area (TPSA) is 86.8 Å². The van der Waals surface area contributed by atoms with Gasteiger partial charge in [0.15, 0.2) is 0 Å². The van der Waals surface area contributed by atoms with Crippen molar-refractivity contribution in [3.05, 3.63) is 99.0 Å². The molecule has 0 saturated heterocycles. The highest BCUT2D eigenvalue weighted by atomic mass is 35.5. The molecule has 0 radical (unpaired) electrons. The summed E-state index contributed by atoms with van der Waals surface area (Å²) in [5, 5.41) is 4.04. The van der Waals surface area contributed by atoms with Crippen molar-refractivity contribution in [2.45, 2.75) is 45.3 Å². The fourth-order valence-electron chi connectivity index (χ4n) is 4.06. The van der Waals surface area contributed by atoms with Crippen molar-refractivity contribution < 1.29 is 18.0 Å². The molecular weight excluding hydrogens is 593 g/mol. The molecule has 11 heteroatoms. The number of hydrogen-bond acceptors (Lipinski definition) is 4. The van der Waals surface area contributed by atoms with Crippen LogP contribution in [0.4, 0.5) is 5.69 Å². The lowest BCUT2D eigenvalue weighted by molar-refractivity contribution is -0.140. The monoisotopic (exact) mass is 623 g/mol. The molecule has 0 spiro atoms. The van der Waals surface area contributed by atoms with Gasteiger partial charge < -0.3 is 10.2 Å². The summed E-state index contributed by atoms with van der Waals surface area (Å²) in [7, 11) is -3.87. The van der Waals surface area contributed by atoms with Crippen LogP contribution in [-0.2, 0) is 32.6 Å². The first kappa shape index (κ1) is 31.7. The van der Waals surface area contributed by atoms with E-state index in [0.29, 0.717) is 20.6 Å². The van der Waals surface area contributed by atoms with Crippen LogP contribution >= 0.6 is 34.8 Å². The Morgan fingerprint density at radius 3 is 2.05 bits per heavy atom. The normalized spacial score (nSPS) is 12.5. The minimum Gasteiger partial charge on any atom is -0.350 e. The fraction of sp³-hybridized carbons (Fsp3) is 0.310. The highest BCUT2D eigenvalue weighted by Crippen LogP contribution is 2.26. The lowest BCUT2D eigenvalue weighted by Gasteiger charge is -2.35. The third kappa shape index (κ3) is 9.13. The van der Waals surface area contributed by atoms with Crippen molar-refractivity contribution in [2.75, 3.05) is 17.1 Å². The van der Waals surface area contributed by atoms with E-state index in [2.05, 4.69) is 5.32 Å². The molecule has 1 N–H and O–H groups in total. The number of carbonyl (C=O) groups excluding carboxylic acids is 2. The van der Waals surface area contributed by atoms with E-state index in [0.717, 1.165) is 16.1 Å². The highest BCUT2D eigenvalue weighted by molar-refractivity contribution is 7.92. The Morgan fingerprint density at radius 1 is 0.875 bits per heavy atom. The van der Waals surface area contributed by atoms with Gasteiger partial charge in [0.05, 0.1) is 22.0 Å². The third-order valence-corrected chi connectivity index (χ3v) is 8.03. The van der Waals surface area contributed by atoms with Crippen LogP contribution in [0, 0.1) is 0 Å². The van der Waals surface area contributed by atoms with Crippen LogP contribution in [-0.4, -0.2) is 49.5 Å². The first-order chi connectivity index (χ1) is 18.6. The molecule has 2 amide bonds. The molecule has 0 saturated carbocycles. The van der Waals surface area contributed by atoms with E-state index in [1.54, 1.807) is 30.3 Å². The molecule has 0 aliphatic heterocycles. The van der Waals surface area contributed by atoms with Crippen molar-refractivity contribution in [2.24, 2.45) is 0 Å². The van der Waals surface area contributed by atoms with Crippen molar-refractivity contribution in [1.29, 1.82) is 0 Å². The molecule has 40 heavy (non-hydrogen) atoms. The number of hydrogen-bond donors (Lipinski definition) is 1. The molecule has 1 atom stereocenters. The molecule has 0 aliphatic rings. The number of sulfonamides is 1. The minimum atomic E-state index is -3.87. The Hall–Kier alpha value is -2.78. The van der Waals surface area contributed by atoms with E-state index in [-0.39, 0.29) is 24.6 Å². The predicted molar refractivity (Wildman–Crippen MR) is 162 cm³/mol. The van der Waals surface area contributed by atoms with Gasteiger partial charge in [-0.3, -0.25) is 13.9 Å². The van der Waals surface area contributed by atoms with Crippen molar-refractivity contribution in [3.63, 3.8) is 0 Å². The summed E-state index contributed by atoms with van der Waals surface area (Å²) in [5.74, 6) is -0.946. The molecule has 1 unspecified atom stereocenters. The van der Waals surface area contributed by atoms with Gasteiger partial charge in [0.1, 0.15) is 12.6 Å². The zero-order valence-electron chi connectivity index (χ0n) is 22.7. The molecule has 3 rings (SSSR count). The number of rotatable bonds is 10. The fourth-order valence-corrected chi connectivity index (χ4v) is 5.36. The molecule has 7 nitrogen and oxygen atoms in total. The van der Waals surface area contributed by atoms with Crippen LogP contribution in [0.25, 0.3) is 0 Å². The first-order valence-electron chi connectivity index (χ1n) is 12.5. The molecule has 0 bridgehead atoms. The minimum absolute atomic E-state index is 0.0109. The van der Waals surface area contributed by atoms with Crippen molar-refractivity contribution in [3.8, 4) is 0 Å². The van der Waals surface area contributed by atoms with E-state index in [1.807, 2.05) is 51.1 Å². The second-order valence-electron chi connectivity index (χ2n) is 10.5. The predicted octanol–water partition coefficient (Wildman–Crippen LogP) is 5.97. The Bertz CT molecular complexity index is 1440. The van der Waals surface area contributed by atoms with Crippen molar-refractivity contribution in [1.82, 2.24) is 10.2 Å². The Balaban J connectivity index is 2.08. The van der Waals surface area contributed by atoms with E-state index >= 15 is 0 Å². The van der Waals surface area contributed by atoms with E-state index < -0.39 is 34.1 Å². The largest absolute Gasteiger partial charge is 0.350 e. The second-order valence-corrected chi connectivity index (χ2v) is 13.6.